The predicted molar refractivity (Wildman–Crippen MR) is 118 cm³/mol. The molecule has 0 bridgehead atoms. The Hall–Kier alpha value is -2.82. The molecule has 1 aromatic heterocycles. The summed E-state index contributed by atoms with van der Waals surface area (Å²) in [5.41, 5.74) is 2.23. The van der Waals surface area contributed by atoms with Gasteiger partial charge in [0.25, 0.3) is 0 Å². The maximum atomic E-state index is 14.0. The van der Waals surface area contributed by atoms with Crippen LogP contribution >= 0.6 is 0 Å². The van der Waals surface area contributed by atoms with Gasteiger partial charge in [0.15, 0.2) is 0 Å². The summed E-state index contributed by atoms with van der Waals surface area (Å²) < 4.78 is 48.3. The lowest BCUT2D eigenvalue weighted by molar-refractivity contribution is -0.116. The average Bonchev–Trinajstić information content (AvgIpc) is 3.10. The second-order valence-electron chi connectivity index (χ2n) is 7.79. The van der Waals surface area contributed by atoms with E-state index in [1.807, 2.05) is 11.6 Å². The molecule has 1 aliphatic heterocycles. The van der Waals surface area contributed by atoms with E-state index in [9.17, 15) is 17.6 Å². The number of sulfonamides is 1. The minimum Gasteiger partial charge on any atom is -0.379 e. The summed E-state index contributed by atoms with van der Waals surface area (Å²) in [4.78, 5) is 17.0. The van der Waals surface area contributed by atoms with Crippen molar-refractivity contribution in [1.29, 1.82) is 0 Å². The number of carbonyl (C=O) groups excluding carboxylic acids is 1. The highest BCUT2D eigenvalue weighted by molar-refractivity contribution is 7.89. The zero-order valence-electron chi connectivity index (χ0n) is 18.0. The van der Waals surface area contributed by atoms with E-state index in [0.29, 0.717) is 44.1 Å². The lowest BCUT2D eigenvalue weighted by Gasteiger charge is -2.26. The number of halogens is 1. The molecule has 0 saturated carbocycles. The molecule has 4 rings (SSSR count). The van der Waals surface area contributed by atoms with Crippen molar-refractivity contribution in [3.63, 3.8) is 0 Å². The molecule has 0 atom stereocenters. The van der Waals surface area contributed by atoms with Crippen molar-refractivity contribution in [3.8, 4) is 0 Å². The van der Waals surface area contributed by atoms with Crippen LogP contribution in [0.5, 0.6) is 0 Å². The van der Waals surface area contributed by atoms with Gasteiger partial charge in [-0.3, -0.25) is 4.79 Å². The second kappa shape index (κ2) is 8.97. The Kier molecular flexibility index (Phi) is 6.27. The zero-order valence-corrected chi connectivity index (χ0v) is 18.8. The number of anilines is 1. The van der Waals surface area contributed by atoms with Crippen molar-refractivity contribution in [3.05, 3.63) is 53.6 Å². The third-order valence-corrected chi connectivity index (χ3v) is 7.42. The maximum Gasteiger partial charge on any atom is 0.243 e. The largest absolute Gasteiger partial charge is 0.379 e. The Labute approximate surface area is 186 Å². The Balaban J connectivity index is 1.49. The van der Waals surface area contributed by atoms with E-state index in [0.717, 1.165) is 11.1 Å². The summed E-state index contributed by atoms with van der Waals surface area (Å²) in [5.74, 6) is -0.161. The molecule has 0 spiro atoms. The van der Waals surface area contributed by atoms with Gasteiger partial charge in [-0.2, -0.15) is 4.31 Å². The predicted octanol–water partition coefficient (Wildman–Crippen LogP) is 2.61. The highest BCUT2D eigenvalue weighted by atomic mass is 32.2. The Morgan fingerprint density at radius 2 is 1.94 bits per heavy atom. The van der Waals surface area contributed by atoms with Gasteiger partial charge in [0.1, 0.15) is 11.6 Å². The van der Waals surface area contributed by atoms with Crippen molar-refractivity contribution < 1.29 is 22.3 Å². The van der Waals surface area contributed by atoms with Crippen LogP contribution < -0.4 is 5.32 Å². The van der Waals surface area contributed by atoms with E-state index >= 15 is 0 Å². The number of rotatable bonds is 6. The van der Waals surface area contributed by atoms with E-state index < -0.39 is 15.8 Å². The van der Waals surface area contributed by atoms with Gasteiger partial charge in [0, 0.05) is 33.0 Å². The van der Waals surface area contributed by atoms with E-state index in [1.165, 1.54) is 16.4 Å². The summed E-state index contributed by atoms with van der Waals surface area (Å²) in [6.07, 6.45) is 0.444. The van der Waals surface area contributed by atoms with Gasteiger partial charge in [-0.15, -0.1) is 0 Å². The topological polar surface area (TPSA) is 93.5 Å². The number of hydrogen-bond donors (Lipinski definition) is 1. The number of amides is 1. The molecule has 3 aromatic rings. The van der Waals surface area contributed by atoms with Gasteiger partial charge in [0.2, 0.25) is 15.9 Å². The SMILES string of the molecule is Cc1ccc(NC(=O)CCc2nc3cc(S(=O)(=O)N4CCOCC4)ccc3n2C)c(F)c1. The molecule has 8 nitrogen and oxygen atoms in total. The van der Waals surface area contributed by atoms with Gasteiger partial charge in [-0.1, -0.05) is 6.07 Å². The van der Waals surface area contributed by atoms with Crippen molar-refractivity contribution in [2.24, 2.45) is 7.05 Å². The van der Waals surface area contributed by atoms with Gasteiger partial charge in [0.05, 0.1) is 34.8 Å². The minimum atomic E-state index is -3.62. The molecule has 0 aliphatic carbocycles. The van der Waals surface area contributed by atoms with E-state index in [2.05, 4.69) is 10.3 Å². The molecule has 0 unspecified atom stereocenters. The van der Waals surface area contributed by atoms with Crippen LogP contribution in [0.4, 0.5) is 10.1 Å². The first kappa shape index (κ1) is 22.4. The standard InChI is InChI=1S/C22H25FN4O4S/c1-15-3-5-18(17(23)13-15)25-22(28)8-7-21-24-19-14-16(4-6-20(19)26(21)2)32(29,30)27-9-11-31-12-10-27/h3-6,13-14H,7-12H2,1-2H3,(H,25,28). The normalized spacial score (nSPS) is 15.2. The highest BCUT2D eigenvalue weighted by Crippen LogP contribution is 2.23. The van der Waals surface area contributed by atoms with Crippen LogP contribution in [0.25, 0.3) is 11.0 Å². The third-order valence-electron chi connectivity index (χ3n) is 5.53. The minimum absolute atomic E-state index is 0.114. The number of imidazole rings is 1. The molecule has 170 valence electrons. The summed E-state index contributed by atoms with van der Waals surface area (Å²) in [6, 6.07) is 9.49. The zero-order chi connectivity index (χ0) is 22.9. The first-order valence-corrected chi connectivity index (χ1v) is 11.8. The van der Waals surface area contributed by atoms with Gasteiger partial charge >= 0.3 is 0 Å². The number of morpholine rings is 1. The van der Waals surface area contributed by atoms with Gasteiger partial charge in [-0.05, 0) is 42.8 Å². The molecule has 10 heteroatoms. The van der Waals surface area contributed by atoms with Crippen LogP contribution in [0.1, 0.15) is 17.8 Å². The van der Waals surface area contributed by atoms with Crippen molar-refractivity contribution in [2.75, 3.05) is 31.6 Å². The number of hydrogen-bond acceptors (Lipinski definition) is 5. The Morgan fingerprint density at radius 1 is 1.19 bits per heavy atom. The number of ether oxygens (including phenoxy) is 1. The molecule has 2 heterocycles. The van der Waals surface area contributed by atoms with Crippen LogP contribution in [0.2, 0.25) is 0 Å². The molecular formula is C22H25FN4O4S. The van der Waals surface area contributed by atoms with Gasteiger partial charge in [-0.25, -0.2) is 17.8 Å². The first-order valence-electron chi connectivity index (χ1n) is 10.3. The Bertz CT molecular complexity index is 1270. The first-order chi connectivity index (χ1) is 15.3. The highest BCUT2D eigenvalue weighted by Gasteiger charge is 2.27. The van der Waals surface area contributed by atoms with Crippen LogP contribution in [0, 0.1) is 12.7 Å². The lowest BCUT2D eigenvalue weighted by atomic mass is 10.2. The molecule has 0 radical (unpaired) electrons. The average molecular weight is 461 g/mol. The molecule has 1 saturated heterocycles. The molecule has 1 aliphatic rings. The maximum absolute atomic E-state index is 14.0. The van der Waals surface area contributed by atoms with Gasteiger partial charge < -0.3 is 14.6 Å². The van der Waals surface area contributed by atoms with E-state index in [4.69, 9.17) is 4.74 Å². The number of aromatic nitrogens is 2. The number of nitrogens with zero attached hydrogens (tertiary/aromatic N) is 3. The molecular weight excluding hydrogens is 435 g/mol. The van der Waals surface area contributed by atoms with Crippen LogP contribution in [0.3, 0.4) is 0 Å². The number of carbonyl (C=O) groups is 1. The van der Waals surface area contributed by atoms with Crippen molar-refractivity contribution >= 4 is 32.7 Å². The number of aryl methyl sites for hydroxylation is 3. The summed E-state index contributed by atoms with van der Waals surface area (Å²) in [6.45, 7) is 3.18. The summed E-state index contributed by atoms with van der Waals surface area (Å²) >= 11 is 0. The van der Waals surface area contributed by atoms with Crippen LogP contribution in [-0.4, -0.2) is 54.5 Å². The fourth-order valence-electron chi connectivity index (χ4n) is 3.71. The molecule has 32 heavy (non-hydrogen) atoms. The molecule has 1 fully saturated rings. The van der Waals surface area contributed by atoms with E-state index in [1.54, 1.807) is 31.2 Å². The monoisotopic (exact) mass is 460 g/mol. The summed E-state index contributed by atoms with van der Waals surface area (Å²) in [5, 5.41) is 2.58. The fourth-order valence-corrected chi connectivity index (χ4v) is 5.14. The fraction of sp³-hybridized carbons (Fsp3) is 0.364. The summed E-state index contributed by atoms with van der Waals surface area (Å²) in [7, 11) is -1.80. The molecule has 2 aromatic carbocycles. The quantitative estimate of drug-likeness (QED) is 0.610. The van der Waals surface area contributed by atoms with Crippen LogP contribution in [0.15, 0.2) is 41.3 Å². The second-order valence-corrected chi connectivity index (χ2v) is 9.72. The number of benzene rings is 2. The molecule has 1 amide bonds. The van der Waals surface area contributed by atoms with E-state index in [-0.39, 0.29) is 22.9 Å². The number of nitrogens with one attached hydrogen (secondary N) is 1. The molecule has 1 N–H and O–H groups in total. The van der Waals surface area contributed by atoms with Crippen molar-refractivity contribution in [1.82, 2.24) is 13.9 Å². The lowest BCUT2D eigenvalue weighted by Crippen LogP contribution is -2.40. The smallest absolute Gasteiger partial charge is 0.243 e. The van der Waals surface area contributed by atoms with Crippen LogP contribution in [-0.2, 0) is 33.0 Å². The Morgan fingerprint density at radius 3 is 2.66 bits per heavy atom. The number of fused-ring (bicyclic) bond motifs is 1. The van der Waals surface area contributed by atoms with Crippen molar-refractivity contribution in [2.45, 2.75) is 24.7 Å². The third kappa shape index (κ3) is 4.52.